The van der Waals surface area contributed by atoms with Crippen LogP contribution in [0.1, 0.15) is 45.4 Å². The first kappa shape index (κ1) is 14.4. The average molecular weight is 291 g/mol. The summed E-state index contributed by atoms with van der Waals surface area (Å²) in [6, 6.07) is 0.460. The Bertz CT molecular complexity index is 484. The van der Waals surface area contributed by atoms with Crippen molar-refractivity contribution in [2.75, 3.05) is 13.2 Å². The Kier molecular flexibility index (Phi) is 4.46. The molecule has 116 valence electrons. The highest BCUT2D eigenvalue weighted by Gasteiger charge is 2.35. The predicted octanol–water partition coefficient (Wildman–Crippen LogP) is 2.46. The third-order valence-corrected chi connectivity index (χ3v) is 4.86. The van der Waals surface area contributed by atoms with Gasteiger partial charge in [0, 0.05) is 19.1 Å². The monoisotopic (exact) mass is 291 g/mol. The van der Waals surface area contributed by atoms with Gasteiger partial charge >= 0.3 is 0 Å². The van der Waals surface area contributed by atoms with Crippen molar-refractivity contribution in [3.63, 3.8) is 0 Å². The molecule has 1 saturated heterocycles. The summed E-state index contributed by atoms with van der Waals surface area (Å²) in [5.74, 6) is 1.54. The van der Waals surface area contributed by atoms with E-state index in [1.54, 1.807) is 10.9 Å². The fourth-order valence-electron chi connectivity index (χ4n) is 3.75. The van der Waals surface area contributed by atoms with Gasteiger partial charge in [0.25, 0.3) is 5.91 Å². The van der Waals surface area contributed by atoms with E-state index in [0.717, 1.165) is 25.4 Å². The molecule has 1 aromatic rings. The second kappa shape index (κ2) is 6.50. The maximum absolute atomic E-state index is 12.5. The van der Waals surface area contributed by atoms with Crippen LogP contribution in [-0.2, 0) is 11.3 Å². The fourth-order valence-corrected chi connectivity index (χ4v) is 3.75. The Morgan fingerprint density at radius 3 is 2.95 bits per heavy atom. The summed E-state index contributed by atoms with van der Waals surface area (Å²) < 4.78 is 7.41. The first-order valence-electron chi connectivity index (χ1n) is 8.22. The summed E-state index contributed by atoms with van der Waals surface area (Å²) in [7, 11) is 0. The molecule has 1 amide bonds. The number of hydrogen-bond donors (Lipinski definition) is 0. The lowest BCUT2D eigenvalue weighted by Crippen LogP contribution is -2.51. The summed E-state index contributed by atoms with van der Waals surface area (Å²) in [6.45, 7) is 3.88. The molecule has 1 saturated carbocycles. The van der Waals surface area contributed by atoms with E-state index in [4.69, 9.17) is 4.74 Å². The van der Waals surface area contributed by atoms with Gasteiger partial charge in [0.15, 0.2) is 12.4 Å². The van der Waals surface area contributed by atoms with Crippen LogP contribution < -0.4 is 4.74 Å². The van der Waals surface area contributed by atoms with Gasteiger partial charge in [-0.05, 0) is 38.5 Å². The van der Waals surface area contributed by atoms with E-state index in [2.05, 4.69) is 10.00 Å². The minimum absolute atomic E-state index is 0.135. The van der Waals surface area contributed by atoms with Gasteiger partial charge < -0.3 is 9.64 Å². The van der Waals surface area contributed by atoms with Crippen molar-refractivity contribution in [3.8, 4) is 5.75 Å². The van der Waals surface area contributed by atoms with Gasteiger partial charge in [0.2, 0.25) is 0 Å². The molecule has 1 aliphatic carbocycles. The van der Waals surface area contributed by atoms with Crippen molar-refractivity contribution in [3.05, 3.63) is 12.4 Å². The molecule has 5 heteroatoms. The van der Waals surface area contributed by atoms with E-state index in [9.17, 15) is 4.79 Å². The standard InChI is InChI=1S/C16H25N3O2/c1-2-18-11-14(10-17-18)21-12-16(20)19-9-5-7-13-6-3-4-8-15(13)19/h10-11,13,15H,2-9,12H2,1H3. The molecule has 0 N–H and O–H groups in total. The molecule has 0 radical (unpaired) electrons. The van der Waals surface area contributed by atoms with Gasteiger partial charge in [0.05, 0.1) is 12.4 Å². The second-order valence-corrected chi connectivity index (χ2v) is 6.16. The third-order valence-electron chi connectivity index (χ3n) is 4.86. The molecule has 0 bridgehead atoms. The van der Waals surface area contributed by atoms with Crippen LogP contribution >= 0.6 is 0 Å². The highest BCUT2D eigenvalue weighted by Crippen LogP contribution is 2.35. The van der Waals surface area contributed by atoms with Crippen molar-refractivity contribution in [2.45, 2.75) is 58.0 Å². The molecule has 21 heavy (non-hydrogen) atoms. The quantitative estimate of drug-likeness (QED) is 0.856. The molecule has 0 spiro atoms. The van der Waals surface area contributed by atoms with Crippen molar-refractivity contribution >= 4 is 5.91 Å². The Morgan fingerprint density at radius 2 is 2.14 bits per heavy atom. The number of ether oxygens (including phenoxy) is 1. The van der Waals surface area contributed by atoms with Gasteiger partial charge in [0.1, 0.15) is 0 Å². The zero-order chi connectivity index (χ0) is 14.7. The van der Waals surface area contributed by atoms with Gasteiger partial charge in [-0.3, -0.25) is 9.48 Å². The van der Waals surface area contributed by atoms with E-state index in [1.165, 1.54) is 32.1 Å². The normalized spacial score (nSPS) is 25.5. The van der Waals surface area contributed by atoms with Crippen LogP contribution in [0.3, 0.4) is 0 Å². The van der Waals surface area contributed by atoms with Crippen molar-refractivity contribution in [2.24, 2.45) is 5.92 Å². The molecular weight excluding hydrogens is 266 g/mol. The van der Waals surface area contributed by atoms with Crippen LogP contribution in [0.5, 0.6) is 5.75 Å². The molecule has 2 fully saturated rings. The van der Waals surface area contributed by atoms with Crippen molar-refractivity contribution in [1.82, 2.24) is 14.7 Å². The molecule has 2 aliphatic rings. The summed E-state index contributed by atoms with van der Waals surface area (Å²) in [5.41, 5.74) is 0. The van der Waals surface area contributed by atoms with Gasteiger partial charge in [-0.2, -0.15) is 5.10 Å². The fraction of sp³-hybridized carbons (Fsp3) is 0.750. The van der Waals surface area contributed by atoms with Gasteiger partial charge in [-0.15, -0.1) is 0 Å². The Balaban J connectivity index is 1.56. The van der Waals surface area contributed by atoms with Gasteiger partial charge in [-0.25, -0.2) is 0 Å². The van der Waals surface area contributed by atoms with E-state index in [0.29, 0.717) is 11.8 Å². The first-order valence-corrected chi connectivity index (χ1v) is 8.22. The number of piperidine rings is 1. The number of nitrogens with zero attached hydrogens (tertiary/aromatic N) is 3. The van der Waals surface area contributed by atoms with E-state index >= 15 is 0 Å². The van der Waals surface area contributed by atoms with E-state index in [1.807, 2.05) is 13.1 Å². The Hall–Kier alpha value is -1.52. The number of carbonyl (C=O) groups excluding carboxylic acids is 1. The minimum atomic E-state index is 0.135. The van der Waals surface area contributed by atoms with Crippen molar-refractivity contribution in [1.29, 1.82) is 0 Å². The minimum Gasteiger partial charge on any atom is -0.480 e. The first-order chi connectivity index (χ1) is 10.3. The number of aryl methyl sites for hydroxylation is 1. The highest BCUT2D eigenvalue weighted by atomic mass is 16.5. The lowest BCUT2D eigenvalue weighted by Gasteiger charge is -2.44. The number of likely N-dealkylation sites (tertiary alicyclic amines) is 1. The summed E-state index contributed by atoms with van der Waals surface area (Å²) in [4.78, 5) is 14.6. The lowest BCUT2D eigenvalue weighted by atomic mass is 9.78. The Morgan fingerprint density at radius 1 is 1.33 bits per heavy atom. The van der Waals surface area contributed by atoms with Crippen LogP contribution in [0, 0.1) is 5.92 Å². The SMILES string of the molecule is CCn1cc(OCC(=O)N2CCCC3CCCCC32)cn1. The summed E-state index contributed by atoms with van der Waals surface area (Å²) in [5, 5.41) is 4.16. The predicted molar refractivity (Wildman–Crippen MR) is 80.1 cm³/mol. The molecule has 2 unspecified atom stereocenters. The maximum atomic E-state index is 12.5. The lowest BCUT2D eigenvalue weighted by molar-refractivity contribution is -0.139. The van der Waals surface area contributed by atoms with E-state index < -0.39 is 0 Å². The Labute approximate surface area is 126 Å². The van der Waals surface area contributed by atoms with Crippen LogP contribution in [0.25, 0.3) is 0 Å². The van der Waals surface area contributed by atoms with Crippen LogP contribution in [-0.4, -0.2) is 39.8 Å². The molecule has 1 aromatic heterocycles. The number of rotatable bonds is 4. The number of fused-ring (bicyclic) bond motifs is 1. The largest absolute Gasteiger partial charge is 0.480 e. The molecule has 2 atom stereocenters. The molecule has 2 heterocycles. The number of carbonyl (C=O) groups is 1. The molecule has 0 aromatic carbocycles. The van der Waals surface area contributed by atoms with E-state index in [-0.39, 0.29) is 12.5 Å². The van der Waals surface area contributed by atoms with Crippen LogP contribution in [0.15, 0.2) is 12.4 Å². The van der Waals surface area contributed by atoms with Crippen LogP contribution in [0.4, 0.5) is 0 Å². The topological polar surface area (TPSA) is 47.4 Å². The number of amides is 1. The summed E-state index contributed by atoms with van der Waals surface area (Å²) >= 11 is 0. The van der Waals surface area contributed by atoms with Crippen molar-refractivity contribution < 1.29 is 9.53 Å². The number of hydrogen-bond acceptors (Lipinski definition) is 3. The molecular formula is C16H25N3O2. The second-order valence-electron chi connectivity index (χ2n) is 6.16. The number of aromatic nitrogens is 2. The van der Waals surface area contributed by atoms with Crippen LogP contribution in [0.2, 0.25) is 0 Å². The average Bonchev–Trinajstić information content (AvgIpc) is 3.00. The smallest absolute Gasteiger partial charge is 0.260 e. The highest BCUT2D eigenvalue weighted by molar-refractivity contribution is 5.78. The van der Waals surface area contributed by atoms with Gasteiger partial charge in [-0.1, -0.05) is 12.8 Å². The zero-order valence-electron chi connectivity index (χ0n) is 12.8. The summed E-state index contributed by atoms with van der Waals surface area (Å²) in [6.07, 6.45) is 11.0. The molecule has 5 nitrogen and oxygen atoms in total. The molecule has 3 rings (SSSR count). The maximum Gasteiger partial charge on any atom is 0.260 e. The third kappa shape index (κ3) is 3.22. The zero-order valence-corrected chi connectivity index (χ0v) is 12.8. The molecule has 1 aliphatic heterocycles.